The lowest BCUT2D eigenvalue weighted by Gasteiger charge is -2.23. The summed E-state index contributed by atoms with van der Waals surface area (Å²) in [5, 5.41) is 0.267. The number of anilines is 1. The van der Waals surface area contributed by atoms with Crippen LogP contribution < -0.4 is 4.90 Å². The van der Waals surface area contributed by atoms with Gasteiger partial charge in [-0.1, -0.05) is 0 Å². The second kappa shape index (κ2) is 5.52. The number of hydrogen-bond acceptors (Lipinski definition) is 4. The van der Waals surface area contributed by atoms with Crippen LogP contribution in [0.25, 0.3) is 0 Å². The van der Waals surface area contributed by atoms with Gasteiger partial charge in [0, 0.05) is 44.9 Å². The summed E-state index contributed by atoms with van der Waals surface area (Å²) in [5.41, 5.74) is 1.01. The predicted octanol–water partition coefficient (Wildman–Crippen LogP) is 1.50. The average molecular weight is 269 g/mol. The van der Waals surface area contributed by atoms with Gasteiger partial charge in [-0.2, -0.15) is 0 Å². The van der Waals surface area contributed by atoms with E-state index in [4.69, 9.17) is 11.6 Å². The Morgan fingerprint density at radius 1 is 1.33 bits per heavy atom. The molecular weight excluding hydrogens is 252 g/mol. The summed E-state index contributed by atoms with van der Waals surface area (Å²) in [5.74, 6) is 1.01. The SMILES string of the molecule is CC(=O)N1CCCN(c2nc(Cl)ncc2C)CC1. The molecule has 0 bridgehead atoms. The Labute approximate surface area is 112 Å². The maximum atomic E-state index is 11.4. The van der Waals surface area contributed by atoms with Gasteiger partial charge in [-0.3, -0.25) is 4.79 Å². The molecule has 2 heterocycles. The number of carbonyl (C=O) groups is 1. The van der Waals surface area contributed by atoms with E-state index in [0.29, 0.717) is 0 Å². The molecule has 1 aliphatic heterocycles. The smallest absolute Gasteiger partial charge is 0.224 e. The van der Waals surface area contributed by atoms with Gasteiger partial charge in [0.05, 0.1) is 0 Å². The van der Waals surface area contributed by atoms with Crippen LogP contribution in [0.3, 0.4) is 0 Å². The van der Waals surface area contributed by atoms with Crippen LogP contribution in [0.4, 0.5) is 5.82 Å². The zero-order valence-corrected chi connectivity index (χ0v) is 11.4. The number of aryl methyl sites for hydroxylation is 1. The first kappa shape index (κ1) is 13.1. The third-order valence-corrected chi connectivity index (χ3v) is 3.34. The third kappa shape index (κ3) is 2.90. The van der Waals surface area contributed by atoms with E-state index in [2.05, 4.69) is 14.9 Å². The number of carbonyl (C=O) groups excluding carboxylic acids is 1. The van der Waals surface area contributed by atoms with E-state index in [1.165, 1.54) is 0 Å². The van der Waals surface area contributed by atoms with Gasteiger partial charge in [0.15, 0.2) is 0 Å². The monoisotopic (exact) mass is 268 g/mol. The second-order valence-electron chi connectivity index (χ2n) is 4.49. The molecule has 5 nitrogen and oxygen atoms in total. The standard InChI is InChI=1S/C12H17ClN4O/c1-9-8-14-12(13)15-11(9)17-5-3-4-16(6-7-17)10(2)18/h8H,3-7H2,1-2H3. The molecule has 0 saturated carbocycles. The molecule has 98 valence electrons. The molecule has 0 atom stereocenters. The van der Waals surface area contributed by atoms with Crippen LogP contribution in [0, 0.1) is 6.92 Å². The molecule has 1 fully saturated rings. The minimum Gasteiger partial charge on any atom is -0.354 e. The number of rotatable bonds is 1. The Balaban J connectivity index is 2.14. The van der Waals surface area contributed by atoms with Crippen molar-refractivity contribution in [3.63, 3.8) is 0 Å². The van der Waals surface area contributed by atoms with Crippen molar-refractivity contribution in [2.24, 2.45) is 0 Å². The Morgan fingerprint density at radius 2 is 2.11 bits per heavy atom. The predicted molar refractivity (Wildman–Crippen MR) is 70.9 cm³/mol. The molecule has 0 radical (unpaired) electrons. The zero-order valence-electron chi connectivity index (χ0n) is 10.7. The molecule has 0 spiro atoms. The molecule has 2 rings (SSSR count). The van der Waals surface area contributed by atoms with Gasteiger partial charge in [-0.15, -0.1) is 0 Å². The first-order chi connectivity index (χ1) is 8.58. The maximum absolute atomic E-state index is 11.4. The summed E-state index contributed by atoms with van der Waals surface area (Å²) >= 11 is 5.84. The van der Waals surface area contributed by atoms with Crippen molar-refractivity contribution in [2.45, 2.75) is 20.3 Å². The van der Waals surface area contributed by atoms with Gasteiger partial charge >= 0.3 is 0 Å². The average Bonchev–Trinajstić information content (AvgIpc) is 2.58. The fourth-order valence-corrected chi connectivity index (χ4v) is 2.31. The minimum atomic E-state index is 0.134. The molecule has 0 aromatic carbocycles. The second-order valence-corrected chi connectivity index (χ2v) is 4.83. The van der Waals surface area contributed by atoms with Crippen LogP contribution in [0.1, 0.15) is 18.9 Å². The third-order valence-electron chi connectivity index (χ3n) is 3.16. The molecule has 0 N–H and O–H groups in total. The van der Waals surface area contributed by atoms with E-state index >= 15 is 0 Å². The van der Waals surface area contributed by atoms with E-state index < -0.39 is 0 Å². The van der Waals surface area contributed by atoms with Crippen LogP contribution in [0.15, 0.2) is 6.20 Å². The van der Waals surface area contributed by atoms with E-state index in [0.717, 1.165) is 44.0 Å². The number of hydrogen-bond donors (Lipinski definition) is 0. The summed E-state index contributed by atoms with van der Waals surface area (Å²) in [4.78, 5) is 23.7. The zero-order chi connectivity index (χ0) is 13.1. The van der Waals surface area contributed by atoms with Crippen molar-refractivity contribution >= 4 is 23.3 Å². The van der Waals surface area contributed by atoms with Gasteiger partial charge in [0.2, 0.25) is 11.2 Å². The fraction of sp³-hybridized carbons (Fsp3) is 0.583. The van der Waals surface area contributed by atoms with Crippen molar-refractivity contribution in [3.05, 3.63) is 17.0 Å². The Hall–Kier alpha value is -1.36. The Morgan fingerprint density at radius 3 is 2.83 bits per heavy atom. The number of amides is 1. The maximum Gasteiger partial charge on any atom is 0.224 e. The lowest BCUT2D eigenvalue weighted by Crippen LogP contribution is -2.34. The highest BCUT2D eigenvalue weighted by atomic mass is 35.5. The van der Waals surface area contributed by atoms with Crippen LogP contribution in [-0.2, 0) is 4.79 Å². The quantitative estimate of drug-likeness (QED) is 0.725. The van der Waals surface area contributed by atoms with Crippen LogP contribution in [-0.4, -0.2) is 47.0 Å². The summed E-state index contributed by atoms with van der Waals surface area (Å²) in [6.07, 6.45) is 2.68. The minimum absolute atomic E-state index is 0.134. The molecule has 18 heavy (non-hydrogen) atoms. The summed E-state index contributed by atoms with van der Waals surface area (Å²) in [6, 6.07) is 0. The molecule has 1 aliphatic rings. The van der Waals surface area contributed by atoms with E-state index in [9.17, 15) is 4.79 Å². The normalized spacial score (nSPS) is 16.6. The van der Waals surface area contributed by atoms with Gasteiger partial charge in [-0.05, 0) is 24.9 Å². The van der Waals surface area contributed by atoms with Gasteiger partial charge in [0.25, 0.3) is 0 Å². The van der Waals surface area contributed by atoms with Crippen LogP contribution in [0.5, 0.6) is 0 Å². The highest BCUT2D eigenvalue weighted by Gasteiger charge is 2.19. The topological polar surface area (TPSA) is 49.3 Å². The first-order valence-corrected chi connectivity index (χ1v) is 6.45. The molecule has 1 amide bonds. The van der Waals surface area contributed by atoms with Gasteiger partial charge in [-0.25, -0.2) is 9.97 Å². The largest absolute Gasteiger partial charge is 0.354 e. The van der Waals surface area contributed by atoms with Crippen LogP contribution in [0.2, 0.25) is 5.28 Å². The highest BCUT2D eigenvalue weighted by Crippen LogP contribution is 2.19. The fourth-order valence-electron chi connectivity index (χ4n) is 2.18. The molecular formula is C12H17ClN4O. The molecule has 0 unspecified atom stereocenters. The molecule has 1 aromatic rings. The molecule has 6 heteroatoms. The van der Waals surface area contributed by atoms with Crippen molar-refractivity contribution in [2.75, 3.05) is 31.1 Å². The number of halogens is 1. The summed E-state index contributed by atoms with van der Waals surface area (Å²) in [7, 11) is 0. The Bertz CT molecular complexity index is 452. The van der Waals surface area contributed by atoms with E-state index in [1.54, 1.807) is 13.1 Å². The van der Waals surface area contributed by atoms with Crippen molar-refractivity contribution < 1.29 is 4.79 Å². The Kier molecular flexibility index (Phi) is 4.01. The van der Waals surface area contributed by atoms with Gasteiger partial charge in [0.1, 0.15) is 5.82 Å². The van der Waals surface area contributed by atoms with Crippen molar-refractivity contribution in [3.8, 4) is 0 Å². The van der Waals surface area contributed by atoms with Crippen molar-refractivity contribution in [1.29, 1.82) is 0 Å². The highest BCUT2D eigenvalue weighted by molar-refractivity contribution is 6.28. The molecule has 1 saturated heterocycles. The molecule has 1 aromatic heterocycles. The van der Waals surface area contributed by atoms with E-state index in [-0.39, 0.29) is 11.2 Å². The lowest BCUT2D eigenvalue weighted by molar-refractivity contribution is -0.128. The summed E-state index contributed by atoms with van der Waals surface area (Å²) < 4.78 is 0. The summed E-state index contributed by atoms with van der Waals surface area (Å²) in [6.45, 7) is 6.80. The number of aromatic nitrogens is 2. The first-order valence-electron chi connectivity index (χ1n) is 6.07. The lowest BCUT2D eigenvalue weighted by atomic mass is 10.3. The number of nitrogens with zero attached hydrogens (tertiary/aromatic N) is 4. The van der Waals surface area contributed by atoms with Crippen LogP contribution >= 0.6 is 11.6 Å². The van der Waals surface area contributed by atoms with E-state index in [1.807, 2.05) is 11.8 Å². The molecule has 0 aliphatic carbocycles. The van der Waals surface area contributed by atoms with Gasteiger partial charge < -0.3 is 9.80 Å². The van der Waals surface area contributed by atoms with Crippen molar-refractivity contribution in [1.82, 2.24) is 14.9 Å².